The predicted molar refractivity (Wildman–Crippen MR) is 54.8 cm³/mol. The SMILES string of the molecule is O=c1[nH]c(CCc2ccccc2)c(O)o1. The summed E-state index contributed by atoms with van der Waals surface area (Å²) in [7, 11) is 0. The first-order valence-electron chi connectivity index (χ1n) is 4.70. The number of hydrogen-bond donors (Lipinski definition) is 2. The Labute approximate surface area is 86.2 Å². The van der Waals surface area contributed by atoms with E-state index in [4.69, 9.17) is 0 Å². The molecule has 0 aliphatic rings. The maximum absolute atomic E-state index is 10.7. The van der Waals surface area contributed by atoms with Crippen molar-refractivity contribution in [1.82, 2.24) is 4.98 Å². The molecule has 0 amide bonds. The summed E-state index contributed by atoms with van der Waals surface area (Å²) in [6.45, 7) is 0. The van der Waals surface area contributed by atoms with Crippen LogP contribution in [0.3, 0.4) is 0 Å². The zero-order chi connectivity index (χ0) is 10.7. The molecule has 4 heteroatoms. The van der Waals surface area contributed by atoms with Gasteiger partial charge in [-0.2, -0.15) is 0 Å². The molecular weight excluding hydrogens is 194 g/mol. The molecule has 1 heterocycles. The van der Waals surface area contributed by atoms with Crippen LogP contribution in [-0.4, -0.2) is 10.1 Å². The van der Waals surface area contributed by atoms with Gasteiger partial charge in [0.2, 0.25) is 0 Å². The van der Waals surface area contributed by atoms with Crippen LogP contribution in [0, 0.1) is 0 Å². The van der Waals surface area contributed by atoms with Crippen LogP contribution in [0.5, 0.6) is 5.95 Å². The second-order valence-electron chi connectivity index (χ2n) is 3.28. The Bertz CT molecular complexity index is 484. The van der Waals surface area contributed by atoms with Crippen molar-refractivity contribution >= 4 is 0 Å². The van der Waals surface area contributed by atoms with Crippen LogP contribution in [0.15, 0.2) is 39.5 Å². The Balaban J connectivity index is 2.05. The molecule has 0 unspecified atom stereocenters. The number of H-pyrrole nitrogens is 1. The predicted octanol–water partition coefficient (Wildman–Crippen LogP) is 1.46. The van der Waals surface area contributed by atoms with Gasteiger partial charge >= 0.3 is 11.7 Å². The topological polar surface area (TPSA) is 66.2 Å². The second-order valence-corrected chi connectivity index (χ2v) is 3.28. The maximum Gasteiger partial charge on any atom is 0.419 e. The van der Waals surface area contributed by atoms with Crippen molar-refractivity contribution in [3.05, 3.63) is 52.1 Å². The van der Waals surface area contributed by atoms with Gasteiger partial charge in [-0.05, 0) is 18.4 Å². The minimum atomic E-state index is -0.615. The summed E-state index contributed by atoms with van der Waals surface area (Å²) in [6.07, 6.45) is 1.31. The molecule has 0 atom stereocenters. The Kier molecular flexibility index (Phi) is 2.58. The Morgan fingerprint density at radius 3 is 2.53 bits per heavy atom. The van der Waals surface area contributed by atoms with E-state index in [2.05, 4.69) is 9.40 Å². The van der Waals surface area contributed by atoms with E-state index in [0.29, 0.717) is 12.1 Å². The molecule has 0 bridgehead atoms. The summed E-state index contributed by atoms with van der Waals surface area (Å²) in [4.78, 5) is 13.2. The third-order valence-electron chi connectivity index (χ3n) is 2.21. The van der Waals surface area contributed by atoms with Crippen LogP contribution < -0.4 is 5.76 Å². The van der Waals surface area contributed by atoms with E-state index in [1.807, 2.05) is 30.3 Å². The number of hydrogen-bond acceptors (Lipinski definition) is 3. The van der Waals surface area contributed by atoms with E-state index in [-0.39, 0.29) is 5.95 Å². The summed E-state index contributed by atoms with van der Waals surface area (Å²) in [5.74, 6) is -0.925. The monoisotopic (exact) mass is 205 g/mol. The molecule has 15 heavy (non-hydrogen) atoms. The lowest BCUT2D eigenvalue weighted by atomic mass is 10.1. The van der Waals surface area contributed by atoms with E-state index in [1.165, 1.54) is 0 Å². The van der Waals surface area contributed by atoms with E-state index in [1.54, 1.807) is 0 Å². The first kappa shape index (κ1) is 9.58. The number of nitrogens with one attached hydrogen (secondary N) is 1. The van der Waals surface area contributed by atoms with Crippen molar-refractivity contribution in [3.63, 3.8) is 0 Å². The van der Waals surface area contributed by atoms with Crippen molar-refractivity contribution in [3.8, 4) is 5.95 Å². The molecule has 0 aliphatic heterocycles. The zero-order valence-electron chi connectivity index (χ0n) is 8.06. The fourth-order valence-corrected chi connectivity index (χ4v) is 1.44. The van der Waals surface area contributed by atoms with Crippen molar-refractivity contribution in [1.29, 1.82) is 0 Å². The fraction of sp³-hybridized carbons (Fsp3) is 0.182. The molecule has 78 valence electrons. The van der Waals surface area contributed by atoms with Gasteiger partial charge in [-0.15, -0.1) is 0 Å². The molecular formula is C11H11NO3. The summed E-state index contributed by atoms with van der Waals surface area (Å²) in [5.41, 5.74) is 1.60. The van der Waals surface area contributed by atoms with Gasteiger partial charge in [-0.3, -0.25) is 4.98 Å². The van der Waals surface area contributed by atoms with Crippen LogP contribution in [0.2, 0.25) is 0 Å². The van der Waals surface area contributed by atoms with Crippen LogP contribution >= 0.6 is 0 Å². The molecule has 2 N–H and O–H groups in total. The number of rotatable bonds is 3. The lowest BCUT2D eigenvalue weighted by molar-refractivity contribution is 0.316. The van der Waals surface area contributed by atoms with Crippen LogP contribution in [0.4, 0.5) is 0 Å². The van der Waals surface area contributed by atoms with Gasteiger partial charge in [0, 0.05) is 0 Å². The average molecular weight is 205 g/mol. The molecule has 1 aromatic heterocycles. The Morgan fingerprint density at radius 1 is 1.20 bits per heavy atom. The standard InChI is InChI=1S/C11H11NO3/c13-10-9(12-11(14)15-10)7-6-8-4-2-1-3-5-8/h1-5,13H,6-7H2,(H,12,14). The quantitative estimate of drug-likeness (QED) is 0.797. The molecule has 0 radical (unpaired) electrons. The fourth-order valence-electron chi connectivity index (χ4n) is 1.44. The third kappa shape index (κ3) is 2.28. The first-order chi connectivity index (χ1) is 7.25. The van der Waals surface area contributed by atoms with Gasteiger partial charge in [0.1, 0.15) is 5.69 Å². The number of oxazole rings is 1. The number of aromatic nitrogens is 1. The normalized spacial score (nSPS) is 10.4. The molecule has 4 nitrogen and oxygen atoms in total. The minimum absolute atomic E-state index is 0.309. The lowest BCUT2D eigenvalue weighted by Crippen LogP contribution is -1.98. The Morgan fingerprint density at radius 2 is 1.93 bits per heavy atom. The molecule has 0 saturated carbocycles. The van der Waals surface area contributed by atoms with Crippen LogP contribution in [0.25, 0.3) is 0 Å². The van der Waals surface area contributed by atoms with Gasteiger partial charge in [0.25, 0.3) is 0 Å². The van der Waals surface area contributed by atoms with Crippen molar-refractivity contribution < 1.29 is 9.52 Å². The molecule has 1 aromatic carbocycles. The second kappa shape index (κ2) is 4.04. The summed E-state index contributed by atoms with van der Waals surface area (Å²) >= 11 is 0. The van der Waals surface area contributed by atoms with Crippen LogP contribution in [0.1, 0.15) is 11.3 Å². The highest BCUT2D eigenvalue weighted by Gasteiger charge is 2.07. The van der Waals surface area contributed by atoms with Gasteiger partial charge < -0.3 is 9.52 Å². The van der Waals surface area contributed by atoms with E-state index in [0.717, 1.165) is 12.0 Å². The highest BCUT2D eigenvalue weighted by Crippen LogP contribution is 2.13. The largest absolute Gasteiger partial charge is 0.479 e. The van der Waals surface area contributed by atoms with E-state index in [9.17, 15) is 9.90 Å². The van der Waals surface area contributed by atoms with Gasteiger partial charge in [0.05, 0.1) is 0 Å². The third-order valence-corrected chi connectivity index (χ3v) is 2.21. The van der Waals surface area contributed by atoms with E-state index >= 15 is 0 Å². The summed E-state index contributed by atoms with van der Waals surface area (Å²) in [6, 6.07) is 9.84. The molecule has 0 fully saturated rings. The van der Waals surface area contributed by atoms with Crippen LogP contribution in [-0.2, 0) is 12.8 Å². The number of benzene rings is 1. The van der Waals surface area contributed by atoms with Crippen molar-refractivity contribution in [2.24, 2.45) is 0 Å². The molecule has 0 saturated heterocycles. The minimum Gasteiger partial charge on any atom is -0.479 e. The average Bonchev–Trinajstić information content (AvgIpc) is 2.56. The molecule has 0 spiro atoms. The smallest absolute Gasteiger partial charge is 0.419 e. The van der Waals surface area contributed by atoms with E-state index < -0.39 is 5.76 Å². The Hall–Kier alpha value is -1.97. The summed E-state index contributed by atoms with van der Waals surface area (Å²) < 4.78 is 4.45. The van der Waals surface area contributed by atoms with Gasteiger partial charge in [-0.1, -0.05) is 30.3 Å². The number of aryl methyl sites for hydroxylation is 2. The number of aromatic hydroxyl groups is 1. The molecule has 2 rings (SSSR count). The van der Waals surface area contributed by atoms with Gasteiger partial charge in [0.15, 0.2) is 0 Å². The lowest BCUT2D eigenvalue weighted by Gasteiger charge is -1.98. The summed E-state index contributed by atoms with van der Waals surface area (Å²) in [5, 5.41) is 9.21. The van der Waals surface area contributed by atoms with Crippen molar-refractivity contribution in [2.45, 2.75) is 12.8 Å². The van der Waals surface area contributed by atoms with Crippen molar-refractivity contribution in [2.75, 3.05) is 0 Å². The maximum atomic E-state index is 10.7. The highest BCUT2D eigenvalue weighted by atomic mass is 16.5. The molecule has 0 aliphatic carbocycles. The van der Waals surface area contributed by atoms with Gasteiger partial charge in [-0.25, -0.2) is 4.79 Å². The number of aromatic amines is 1. The highest BCUT2D eigenvalue weighted by molar-refractivity contribution is 5.18. The molecule has 2 aromatic rings. The zero-order valence-corrected chi connectivity index (χ0v) is 8.06. The first-order valence-corrected chi connectivity index (χ1v) is 4.70.